The monoisotopic (exact) mass is 1760 g/mol. The molecule has 2 aliphatic carbocycles. The van der Waals surface area contributed by atoms with Crippen LogP contribution < -0.4 is 81.8 Å². The quantitative estimate of drug-likeness (QED) is 0.0199. The molecule has 674 valence electrons. The van der Waals surface area contributed by atoms with Gasteiger partial charge in [0.25, 0.3) is 29.5 Å². The summed E-state index contributed by atoms with van der Waals surface area (Å²) in [4.78, 5) is 122. The van der Waals surface area contributed by atoms with Crippen molar-refractivity contribution in [2.45, 2.75) is 129 Å². The van der Waals surface area contributed by atoms with E-state index in [1.165, 1.54) is 81.5 Å². The van der Waals surface area contributed by atoms with Gasteiger partial charge in [-0.15, -0.1) is 0 Å². The molecule has 4 fully saturated rings. The number of para-hydroxylation sites is 5. The van der Waals surface area contributed by atoms with Gasteiger partial charge in [0.1, 0.15) is 56.9 Å². The molecule has 2 saturated heterocycles. The van der Waals surface area contributed by atoms with Crippen molar-refractivity contribution in [3.05, 3.63) is 276 Å². The fraction of sp³-hybridized carbons (Fsp3) is 0.295. The highest BCUT2D eigenvalue weighted by molar-refractivity contribution is 6.01. The van der Waals surface area contributed by atoms with E-state index in [4.69, 9.17) is 33.4 Å². The van der Waals surface area contributed by atoms with E-state index < -0.39 is 29.5 Å². The van der Waals surface area contributed by atoms with E-state index >= 15 is 0 Å². The van der Waals surface area contributed by atoms with Gasteiger partial charge in [0.2, 0.25) is 29.7 Å². The number of carbonyl (C=O) groups excluding carboxylic acids is 6. The van der Waals surface area contributed by atoms with Gasteiger partial charge in [0.15, 0.2) is 0 Å². The van der Waals surface area contributed by atoms with Crippen LogP contribution in [0.2, 0.25) is 0 Å². The first-order valence-corrected chi connectivity index (χ1v) is 43.6. The molecule has 2 aliphatic heterocycles. The predicted octanol–water partition coefficient (Wildman–Crippen LogP) is 14.7. The molecule has 0 radical (unpaired) electrons. The van der Waals surface area contributed by atoms with Crippen molar-refractivity contribution in [3.63, 3.8) is 0 Å². The Morgan fingerprint density at radius 2 is 0.685 bits per heavy atom. The standard InChI is InChI=1S/C23H26N6O.C19H24N6O3.2C18H23N5O.C17H16N6O/c24-21(30)20-15-25-23(28-22(20)26-18-9-5-2-6-10-18)27-19-11-13-29(14-12-19)16-17-7-3-1-4-8-17;1-2-28-19(27)25-10-8-14(9-11-25)23-18-21-12-15(16(20)26)17(24-18)22-13-6-4-3-5-7-13;1-12-7-9-14(10-8-12)22-18-20-11-15(16(19)24)17(23-18)21-13-5-3-2-4-6-13;19-16(24)15-12-21-18(20-11-13-7-3-1-4-8-13)23-17(15)22-14-9-5-2-6-10-14;18-15(24)14-11-21-17(20-10-12-5-4-8-19-9-12)23-16(14)22-13-6-2-1-3-7-13/h1-10,15,19H,11-14,16H2,(H2,24,30)(H2,25,26,27,28);3-7,12,14H,2,8-11H2,1H3,(H2,20,26)(H2,21,22,23,24);2-6,11-12,14H,7-10H2,1H3,(H2,19,24)(H2,20,21,22,23);2,5-6,9-10,12-13H,1,3-4,7-8,11H2,(H2,19,24)(H2,20,21,22,23);1-9,11H,10H2,(H2,18,24)(H2,20,21,22,23). The van der Waals surface area contributed by atoms with Gasteiger partial charge < -0.3 is 91.5 Å². The number of anilines is 15. The number of nitrogens with one attached hydrogen (secondary N) is 10. The minimum absolute atomic E-state index is 0.120. The number of hydrogen-bond acceptors (Lipinski definition) is 29. The van der Waals surface area contributed by atoms with Crippen LogP contribution in [0.4, 0.5) is 92.1 Å². The summed E-state index contributed by atoms with van der Waals surface area (Å²) in [5.41, 5.74) is 34.9. The molecule has 6 amide bonds. The topological polar surface area (TPSA) is 510 Å². The fourth-order valence-corrected chi connectivity index (χ4v) is 14.7. The SMILES string of the molecule is CC1CCC(Nc2ncc(C(N)=O)c(Nc3ccccc3)n2)CC1.CCOC(=O)N1CCC(Nc2ncc(C(N)=O)c(Nc3ccccc3)n2)CC1.NC(=O)c1cnc(NC2CCN(Cc3ccccc3)CC2)nc1Nc1ccccc1.NC(=O)c1cnc(NCC2CCCCC2)nc1Nc1ccccc1.NC(=O)c1cnc(NCc2cccnc2)nc1Nc1ccccc1. The molecule has 130 heavy (non-hydrogen) atoms. The van der Waals surface area contributed by atoms with Crippen molar-refractivity contribution in [1.29, 1.82) is 0 Å². The van der Waals surface area contributed by atoms with Crippen LogP contribution >= 0.6 is 0 Å². The van der Waals surface area contributed by atoms with Gasteiger partial charge in [0.05, 0.1) is 6.61 Å². The maximum atomic E-state index is 11.8. The summed E-state index contributed by atoms with van der Waals surface area (Å²) < 4.78 is 5.03. The first-order valence-electron chi connectivity index (χ1n) is 43.6. The number of nitrogens with zero attached hydrogens (tertiary/aromatic N) is 13. The Bertz CT molecular complexity index is 5590. The average molecular weight is 1760 g/mol. The lowest BCUT2D eigenvalue weighted by atomic mass is 9.87. The second kappa shape index (κ2) is 48.8. The first kappa shape index (κ1) is 93.6. The number of rotatable bonds is 30. The van der Waals surface area contributed by atoms with E-state index in [0.29, 0.717) is 103 Å². The summed E-state index contributed by atoms with van der Waals surface area (Å²) >= 11 is 0. The van der Waals surface area contributed by atoms with Crippen LogP contribution in [0.15, 0.2) is 238 Å². The van der Waals surface area contributed by atoms with Gasteiger partial charge >= 0.3 is 6.09 Å². The lowest BCUT2D eigenvalue weighted by Crippen LogP contribution is -2.42. The van der Waals surface area contributed by atoms with E-state index in [0.717, 1.165) is 105 Å². The number of nitrogens with two attached hydrogens (primary N) is 5. The highest BCUT2D eigenvalue weighted by Crippen LogP contribution is 2.31. The summed E-state index contributed by atoms with van der Waals surface area (Å²) in [7, 11) is 0. The summed E-state index contributed by atoms with van der Waals surface area (Å²) in [5.74, 6) is 2.91. The number of hydrogen-bond donors (Lipinski definition) is 15. The molecule has 12 aromatic rings. The van der Waals surface area contributed by atoms with E-state index in [2.05, 4.69) is 144 Å². The molecule has 6 aromatic heterocycles. The summed E-state index contributed by atoms with van der Waals surface area (Å²) in [6.45, 7) is 10.0. The Labute approximate surface area is 755 Å². The van der Waals surface area contributed by atoms with Gasteiger partial charge in [-0.2, -0.15) is 24.9 Å². The number of piperidine rings is 2. The van der Waals surface area contributed by atoms with Crippen LogP contribution in [-0.2, 0) is 17.8 Å². The minimum atomic E-state index is -0.604. The molecule has 0 spiro atoms. The van der Waals surface area contributed by atoms with Crippen LogP contribution in [0.3, 0.4) is 0 Å². The molecule has 4 aliphatic rings. The van der Waals surface area contributed by atoms with Crippen molar-refractivity contribution in [2.75, 3.05) is 92.5 Å². The van der Waals surface area contributed by atoms with Crippen LogP contribution in [0, 0.1) is 11.8 Å². The Balaban J connectivity index is 0.000000148. The first-order chi connectivity index (χ1) is 63.3. The molecule has 16 rings (SSSR count). The lowest BCUT2D eigenvalue weighted by molar-refractivity contribution is 0.0977. The van der Waals surface area contributed by atoms with Gasteiger partial charge in [-0.1, -0.05) is 154 Å². The third-order valence-corrected chi connectivity index (χ3v) is 21.8. The molecular formula is C95H112N28O7. The van der Waals surface area contributed by atoms with Crippen LogP contribution in [0.25, 0.3) is 0 Å². The van der Waals surface area contributed by atoms with Crippen LogP contribution in [0.5, 0.6) is 0 Å². The van der Waals surface area contributed by atoms with Gasteiger partial charge in [-0.05, 0) is 161 Å². The second-order valence-corrected chi connectivity index (χ2v) is 31.5. The Morgan fingerprint density at radius 3 is 1.03 bits per heavy atom. The third-order valence-electron chi connectivity index (χ3n) is 21.8. The number of ether oxygens (including phenoxy) is 1. The largest absolute Gasteiger partial charge is 0.450 e. The molecule has 35 nitrogen and oxygen atoms in total. The van der Waals surface area contributed by atoms with Crippen molar-refractivity contribution in [1.82, 2.24) is 64.6 Å². The Kier molecular flexibility index (Phi) is 35.1. The van der Waals surface area contributed by atoms with Crippen molar-refractivity contribution in [3.8, 4) is 0 Å². The summed E-state index contributed by atoms with van der Waals surface area (Å²) in [5, 5.41) is 32.1. The molecule has 35 heteroatoms. The zero-order valence-electron chi connectivity index (χ0n) is 72.8. The summed E-state index contributed by atoms with van der Waals surface area (Å²) in [6, 6.07) is 62.6. The fourth-order valence-electron chi connectivity index (χ4n) is 14.7. The van der Waals surface area contributed by atoms with E-state index in [1.807, 2.05) is 170 Å². The highest BCUT2D eigenvalue weighted by Gasteiger charge is 2.27. The zero-order chi connectivity index (χ0) is 91.2. The van der Waals surface area contributed by atoms with Crippen molar-refractivity contribution >= 4 is 123 Å². The van der Waals surface area contributed by atoms with Gasteiger partial charge in [-0.25, -0.2) is 29.7 Å². The van der Waals surface area contributed by atoms with Gasteiger partial charge in [-0.3, -0.25) is 33.9 Å². The normalized spacial score (nSPS) is 15.0. The molecule has 20 N–H and O–H groups in total. The highest BCUT2D eigenvalue weighted by atomic mass is 16.6. The lowest BCUT2D eigenvalue weighted by Gasteiger charge is -2.32. The molecule has 6 aromatic carbocycles. The maximum Gasteiger partial charge on any atom is 0.409 e. The average Bonchev–Trinajstić information content (AvgIpc) is 0.804. The number of primary amides is 5. The third kappa shape index (κ3) is 29.8. The number of pyridine rings is 1. The van der Waals surface area contributed by atoms with Crippen LogP contribution in [-0.4, -0.2) is 158 Å². The molecule has 8 heterocycles. The number of likely N-dealkylation sites (tertiary alicyclic amines) is 2. The minimum Gasteiger partial charge on any atom is -0.450 e. The smallest absolute Gasteiger partial charge is 0.409 e. The Morgan fingerprint density at radius 1 is 0.362 bits per heavy atom. The maximum absolute atomic E-state index is 11.8. The number of amides is 6. The predicted molar refractivity (Wildman–Crippen MR) is 507 cm³/mol. The summed E-state index contributed by atoms with van der Waals surface area (Å²) in [6.07, 6.45) is 25.1. The molecule has 0 bridgehead atoms. The number of aromatic nitrogens is 11. The van der Waals surface area contributed by atoms with Crippen LogP contribution in [0.1, 0.15) is 160 Å². The second-order valence-electron chi connectivity index (χ2n) is 31.5. The van der Waals surface area contributed by atoms with Gasteiger partial charge in [0, 0.05) is 136 Å². The van der Waals surface area contributed by atoms with E-state index in [1.54, 1.807) is 24.2 Å². The molecule has 2 saturated carbocycles. The Hall–Kier alpha value is -15.6. The van der Waals surface area contributed by atoms with E-state index in [-0.39, 0.29) is 40.0 Å². The molecule has 0 atom stereocenters. The molecular weight excluding hydrogens is 1650 g/mol. The molecule has 0 unspecified atom stereocenters. The van der Waals surface area contributed by atoms with Crippen molar-refractivity contribution < 1.29 is 33.5 Å². The number of carbonyl (C=O) groups is 6. The number of benzene rings is 6. The van der Waals surface area contributed by atoms with E-state index in [9.17, 15) is 28.8 Å². The zero-order valence-corrected chi connectivity index (χ0v) is 72.8. The van der Waals surface area contributed by atoms with Crippen molar-refractivity contribution in [2.24, 2.45) is 40.5 Å².